The van der Waals surface area contributed by atoms with Crippen molar-refractivity contribution in [3.05, 3.63) is 39.7 Å². The van der Waals surface area contributed by atoms with Crippen molar-refractivity contribution in [1.29, 1.82) is 0 Å². The first kappa shape index (κ1) is 14.6. The van der Waals surface area contributed by atoms with Gasteiger partial charge in [0.1, 0.15) is 0 Å². The van der Waals surface area contributed by atoms with Gasteiger partial charge in [-0.25, -0.2) is 0 Å². The maximum absolute atomic E-state index is 13.4. The van der Waals surface area contributed by atoms with Crippen LogP contribution in [-0.4, -0.2) is 18.0 Å². The topological polar surface area (TPSA) is 55.2 Å². The predicted octanol–water partition coefficient (Wildman–Crippen LogP) is 3.05. The van der Waals surface area contributed by atoms with Crippen molar-refractivity contribution in [3.8, 4) is 0 Å². The predicted molar refractivity (Wildman–Crippen MR) is 69.1 cm³/mol. The third kappa shape index (κ3) is 4.07. The van der Waals surface area contributed by atoms with E-state index in [1.54, 1.807) is 6.07 Å². The first-order valence-electron chi connectivity index (χ1n) is 6.18. The van der Waals surface area contributed by atoms with Crippen molar-refractivity contribution in [2.75, 3.05) is 7.05 Å². The molecule has 0 spiro atoms. The number of nitrogens with one attached hydrogen (secondary N) is 1. The van der Waals surface area contributed by atoms with Gasteiger partial charge in [0.15, 0.2) is 0 Å². The minimum Gasteiger partial charge on any atom is -0.317 e. The van der Waals surface area contributed by atoms with Gasteiger partial charge in [-0.1, -0.05) is 19.4 Å². The second-order valence-electron chi connectivity index (χ2n) is 4.36. The zero-order chi connectivity index (χ0) is 13.5. The van der Waals surface area contributed by atoms with Gasteiger partial charge in [-0.05, 0) is 37.9 Å². The fraction of sp³-hybridized carbons (Fsp3) is 0.538. The van der Waals surface area contributed by atoms with Gasteiger partial charge in [0.2, 0.25) is 5.82 Å². The molecule has 1 rings (SSSR count). The zero-order valence-corrected chi connectivity index (χ0v) is 10.8. The minimum atomic E-state index is -0.756. The number of nitrogens with zero attached hydrogens (tertiary/aromatic N) is 1. The molecule has 0 saturated heterocycles. The van der Waals surface area contributed by atoms with Gasteiger partial charge in [-0.3, -0.25) is 10.1 Å². The standard InChI is InChI=1S/C13H19FN2O2/c1-3-4-11(15-2)7-5-10-6-8-13(16(17)18)12(14)9-10/h6,8-9,11,15H,3-5,7H2,1-2H3. The molecule has 0 aromatic heterocycles. The van der Waals surface area contributed by atoms with E-state index >= 15 is 0 Å². The zero-order valence-electron chi connectivity index (χ0n) is 10.8. The average Bonchev–Trinajstić information content (AvgIpc) is 2.34. The Balaban J connectivity index is 2.63. The molecule has 0 aliphatic carbocycles. The van der Waals surface area contributed by atoms with Crippen LogP contribution in [0.1, 0.15) is 31.7 Å². The molecule has 0 aliphatic rings. The molecule has 0 bridgehead atoms. The lowest BCUT2D eigenvalue weighted by Crippen LogP contribution is -2.25. The fourth-order valence-corrected chi connectivity index (χ4v) is 1.98. The number of aryl methyl sites for hydroxylation is 1. The van der Waals surface area contributed by atoms with Gasteiger partial charge < -0.3 is 5.32 Å². The second-order valence-corrected chi connectivity index (χ2v) is 4.36. The number of halogens is 1. The second kappa shape index (κ2) is 7.06. The molecular weight excluding hydrogens is 235 g/mol. The summed E-state index contributed by atoms with van der Waals surface area (Å²) >= 11 is 0. The summed E-state index contributed by atoms with van der Waals surface area (Å²) in [6, 6.07) is 4.53. The Hall–Kier alpha value is -1.49. The molecular formula is C13H19FN2O2. The quantitative estimate of drug-likeness (QED) is 0.601. The SMILES string of the molecule is CCCC(CCc1ccc([N+](=O)[O-])c(F)c1)NC. The lowest BCUT2D eigenvalue weighted by atomic mass is 10.0. The summed E-state index contributed by atoms with van der Waals surface area (Å²) in [6.07, 6.45) is 3.80. The maximum Gasteiger partial charge on any atom is 0.304 e. The summed E-state index contributed by atoms with van der Waals surface area (Å²) in [7, 11) is 1.91. The van der Waals surface area contributed by atoms with Crippen LogP contribution < -0.4 is 5.32 Å². The molecule has 1 atom stereocenters. The number of benzene rings is 1. The lowest BCUT2D eigenvalue weighted by molar-refractivity contribution is -0.387. The lowest BCUT2D eigenvalue weighted by Gasteiger charge is -2.14. The molecule has 0 saturated carbocycles. The van der Waals surface area contributed by atoms with Crippen molar-refractivity contribution in [2.24, 2.45) is 0 Å². The van der Waals surface area contributed by atoms with Crippen LogP contribution >= 0.6 is 0 Å². The van der Waals surface area contributed by atoms with Gasteiger partial charge in [-0.2, -0.15) is 4.39 Å². The van der Waals surface area contributed by atoms with Crippen LogP contribution in [0.15, 0.2) is 18.2 Å². The fourth-order valence-electron chi connectivity index (χ4n) is 1.98. The van der Waals surface area contributed by atoms with E-state index in [4.69, 9.17) is 0 Å². The van der Waals surface area contributed by atoms with Crippen molar-refractivity contribution >= 4 is 5.69 Å². The van der Waals surface area contributed by atoms with Crippen LogP contribution in [0.4, 0.5) is 10.1 Å². The van der Waals surface area contributed by atoms with Crippen molar-refractivity contribution < 1.29 is 9.31 Å². The van der Waals surface area contributed by atoms with E-state index in [1.165, 1.54) is 12.1 Å². The summed E-state index contributed by atoms with van der Waals surface area (Å²) in [4.78, 5) is 9.78. The molecule has 1 unspecified atom stereocenters. The normalized spacial score (nSPS) is 12.4. The highest BCUT2D eigenvalue weighted by Gasteiger charge is 2.14. The molecule has 0 aliphatic heterocycles. The minimum absolute atomic E-state index is 0.410. The van der Waals surface area contributed by atoms with Gasteiger partial charge >= 0.3 is 5.69 Å². The van der Waals surface area contributed by atoms with Crippen LogP contribution in [0.3, 0.4) is 0 Å². The van der Waals surface area contributed by atoms with E-state index in [0.29, 0.717) is 6.04 Å². The number of hydrogen-bond donors (Lipinski definition) is 1. The number of nitro groups is 1. The van der Waals surface area contributed by atoms with Gasteiger partial charge in [0, 0.05) is 12.1 Å². The van der Waals surface area contributed by atoms with Crippen LogP contribution in [0.2, 0.25) is 0 Å². The van der Waals surface area contributed by atoms with Crippen molar-refractivity contribution in [2.45, 2.75) is 38.6 Å². The Morgan fingerprint density at radius 3 is 2.67 bits per heavy atom. The highest BCUT2D eigenvalue weighted by molar-refractivity contribution is 5.35. The molecule has 0 fully saturated rings. The Bertz CT molecular complexity index is 410. The first-order chi connectivity index (χ1) is 8.58. The average molecular weight is 254 g/mol. The van der Waals surface area contributed by atoms with Gasteiger partial charge in [0.05, 0.1) is 4.92 Å². The maximum atomic E-state index is 13.4. The van der Waals surface area contributed by atoms with Crippen LogP contribution in [-0.2, 0) is 6.42 Å². The largest absolute Gasteiger partial charge is 0.317 e. The van der Waals surface area contributed by atoms with E-state index in [9.17, 15) is 14.5 Å². The summed E-state index contributed by atoms with van der Waals surface area (Å²) in [5.41, 5.74) is 0.340. The Morgan fingerprint density at radius 2 is 2.17 bits per heavy atom. The summed E-state index contributed by atoms with van der Waals surface area (Å²) in [5.74, 6) is -0.756. The molecule has 4 nitrogen and oxygen atoms in total. The van der Waals surface area contributed by atoms with Gasteiger partial charge in [0.25, 0.3) is 0 Å². The molecule has 1 aromatic carbocycles. The monoisotopic (exact) mass is 254 g/mol. The van der Waals surface area contributed by atoms with E-state index in [1.807, 2.05) is 7.05 Å². The van der Waals surface area contributed by atoms with Gasteiger partial charge in [-0.15, -0.1) is 0 Å². The highest BCUT2D eigenvalue weighted by atomic mass is 19.1. The van der Waals surface area contributed by atoms with Crippen molar-refractivity contribution in [1.82, 2.24) is 5.32 Å². The van der Waals surface area contributed by atoms with Crippen LogP contribution in [0.25, 0.3) is 0 Å². The van der Waals surface area contributed by atoms with E-state index < -0.39 is 16.4 Å². The molecule has 0 amide bonds. The molecule has 18 heavy (non-hydrogen) atoms. The third-order valence-corrected chi connectivity index (χ3v) is 3.04. The molecule has 100 valence electrons. The third-order valence-electron chi connectivity index (χ3n) is 3.04. The highest BCUT2D eigenvalue weighted by Crippen LogP contribution is 2.19. The van der Waals surface area contributed by atoms with Crippen molar-refractivity contribution in [3.63, 3.8) is 0 Å². The van der Waals surface area contributed by atoms with Crippen LogP contribution in [0.5, 0.6) is 0 Å². The first-order valence-corrected chi connectivity index (χ1v) is 6.18. The molecule has 1 N–H and O–H groups in total. The Morgan fingerprint density at radius 1 is 1.44 bits per heavy atom. The van der Waals surface area contributed by atoms with E-state index in [-0.39, 0.29) is 0 Å². The summed E-state index contributed by atoms with van der Waals surface area (Å²) in [5, 5.41) is 13.7. The number of rotatable bonds is 7. The number of hydrogen-bond acceptors (Lipinski definition) is 3. The summed E-state index contributed by atoms with van der Waals surface area (Å²) in [6.45, 7) is 2.12. The Labute approximate surface area is 106 Å². The van der Waals surface area contributed by atoms with Crippen LogP contribution in [0, 0.1) is 15.9 Å². The van der Waals surface area contributed by atoms with E-state index in [0.717, 1.165) is 31.2 Å². The molecule has 1 aromatic rings. The van der Waals surface area contributed by atoms with E-state index in [2.05, 4.69) is 12.2 Å². The molecule has 0 radical (unpaired) electrons. The smallest absolute Gasteiger partial charge is 0.304 e. The molecule has 0 heterocycles. The Kier molecular flexibility index (Phi) is 5.71. The number of nitro benzene ring substituents is 1. The molecule has 5 heteroatoms. The summed E-state index contributed by atoms with van der Waals surface area (Å²) < 4.78 is 13.4.